The van der Waals surface area contributed by atoms with Crippen molar-refractivity contribution in [2.24, 2.45) is 0 Å². The molecule has 0 aliphatic carbocycles. The predicted octanol–water partition coefficient (Wildman–Crippen LogP) is 2.35. The van der Waals surface area contributed by atoms with Gasteiger partial charge in [-0.1, -0.05) is 36.4 Å². The van der Waals surface area contributed by atoms with Crippen molar-refractivity contribution in [1.82, 2.24) is 10.6 Å². The van der Waals surface area contributed by atoms with E-state index in [1.54, 1.807) is 0 Å². The third kappa shape index (κ3) is 3.74. The zero-order valence-electron chi connectivity index (χ0n) is 12.8. The summed E-state index contributed by atoms with van der Waals surface area (Å²) >= 11 is 0. The number of nitrogens with one attached hydrogen (secondary N) is 2. The van der Waals surface area contributed by atoms with Crippen LogP contribution in [0.4, 0.5) is 0 Å². The summed E-state index contributed by atoms with van der Waals surface area (Å²) in [6.07, 6.45) is 2.91. The fourth-order valence-electron chi connectivity index (χ4n) is 2.88. The highest BCUT2D eigenvalue weighted by molar-refractivity contribution is 5.94. The van der Waals surface area contributed by atoms with Crippen LogP contribution in [-0.4, -0.2) is 25.5 Å². The lowest BCUT2D eigenvalue weighted by Crippen LogP contribution is -2.25. The van der Waals surface area contributed by atoms with Crippen LogP contribution in [0.3, 0.4) is 0 Å². The Morgan fingerprint density at radius 3 is 2.59 bits per heavy atom. The van der Waals surface area contributed by atoms with E-state index < -0.39 is 0 Å². The van der Waals surface area contributed by atoms with Gasteiger partial charge in [0.2, 0.25) is 0 Å². The minimum atomic E-state index is 0.0240. The molecule has 0 unspecified atom stereocenters. The number of amides is 1. The monoisotopic (exact) mass is 294 g/mol. The Labute approximate surface area is 131 Å². The fraction of sp³-hybridized carbons (Fsp3) is 0.316. The van der Waals surface area contributed by atoms with Gasteiger partial charge in [0, 0.05) is 12.1 Å². The van der Waals surface area contributed by atoms with Crippen molar-refractivity contribution in [1.29, 1.82) is 0 Å². The first-order valence-corrected chi connectivity index (χ1v) is 7.97. The average molecular weight is 294 g/mol. The van der Waals surface area contributed by atoms with Crippen LogP contribution in [0.2, 0.25) is 0 Å². The van der Waals surface area contributed by atoms with Crippen LogP contribution in [0.15, 0.2) is 48.5 Å². The summed E-state index contributed by atoms with van der Waals surface area (Å²) in [5.41, 5.74) is 4.69. The molecule has 3 heteroatoms. The zero-order valence-corrected chi connectivity index (χ0v) is 12.8. The number of carbonyl (C=O) groups excluding carboxylic acids is 1. The predicted molar refractivity (Wildman–Crippen MR) is 89.2 cm³/mol. The van der Waals surface area contributed by atoms with E-state index in [9.17, 15) is 4.79 Å². The van der Waals surface area contributed by atoms with Gasteiger partial charge in [-0.3, -0.25) is 4.79 Å². The summed E-state index contributed by atoms with van der Waals surface area (Å²) in [6.45, 7) is 2.68. The number of hydrogen-bond acceptors (Lipinski definition) is 2. The first kappa shape index (κ1) is 14.8. The third-order valence-corrected chi connectivity index (χ3v) is 4.15. The van der Waals surface area contributed by atoms with Crippen molar-refractivity contribution in [2.45, 2.75) is 19.3 Å². The van der Waals surface area contributed by atoms with Crippen LogP contribution >= 0.6 is 0 Å². The van der Waals surface area contributed by atoms with E-state index in [1.807, 2.05) is 24.3 Å². The van der Waals surface area contributed by atoms with Crippen LogP contribution in [0, 0.1) is 0 Å². The van der Waals surface area contributed by atoms with Crippen molar-refractivity contribution < 1.29 is 4.79 Å². The summed E-state index contributed by atoms with van der Waals surface area (Å²) in [4.78, 5) is 12.3. The molecule has 1 amide bonds. The van der Waals surface area contributed by atoms with Gasteiger partial charge in [0.25, 0.3) is 5.91 Å². The molecule has 0 aromatic heterocycles. The molecule has 2 aromatic rings. The largest absolute Gasteiger partial charge is 0.352 e. The number of fused-ring (bicyclic) bond motifs is 1. The highest BCUT2D eigenvalue weighted by atomic mass is 16.1. The van der Waals surface area contributed by atoms with Crippen molar-refractivity contribution in [3.8, 4) is 0 Å². The maximum absolute atomic E-state index is 12.3. The summed E-state index contributed by atoms with van der Waals surface area (Å²) in [5, 5.41) is 6.41. The molecule has 0 saturated heterocycles. The van der Waals surface area contributed by atoms with Crippen molar-refractivity contribution in [2.75, 3.05) is 19.6 Å². The second-order valence-electron chi connectivity index (χ2n) is 5.72. The van der Waals surface area contributed by atoms with Crippen LogP contribution in [0.25, 0.3) is 0 Å². The number of benzene rings is 2. The SMILES string of the molecule is O=C(NCCc1ccccc1)c1ccc2c(c1)CCNCC2. The Bertz CT molecular complexity index is 637. The van der Waals surface area contributed by atoms with E-state index in [-0.39, 0.29) is 5.91 Å². The van der Waals surface area contributed by atoms with Gasteiger partial charge in [0.1, 0.15) is 0 Å². The number of carbonyl (C=O) groups is 1. The Morgan fingerprint density at radius 1 is 1.00 bits per heavy atom. The van der Waals surface area contributed by atoms with Gasteiger partial charge in [-0.25, -0.2) is 0 Å². The Hall–Kier alpha value is -2.13. The van der Waals surface area contributed by atoms with E-state index in [0.717, 1.165) is 37.9 Å². The summed E-state index contributed by atoms with van der Waals surface area (Å²) in [7, 11) is 0. The molecule has 3 rings (SSSR count). The second kappa shape index (κ2) is 7.23. The molecule has 0 bridgehead atoms. The van der Waals surface area contributed by atoms with Crippen molar-refractivity contribution >= 4 is 5.91 Å². The van der Waals surface area contributed by atoms with Gasteiger partial charge in [0.05, 0.1) is 0 Å². The van der Waals surface area contributed by atoms with Gasteiger partial charge in [-0.05, 0) is 61.2 Å². The van der Waals surface area contributed by atoms with Crippen molar-refractivity contribution in [3.63, 3.8) is 0 Å². The zero-order chi connectivity index (χ0) is 15.2. The quantitative estimate of drug-likeness (QED) is 0.909. The molecule has 3 nitrogen and oxygen atoms in total. The molecular weight excluding hydrogens is 272 g/mol. The number of hydrogen-bond donors (Lipinski definition) is 2. The molecule has 0 saturated carbocycles. The molecular formula is C19H22N2O. The van der Waals surface area contributed by atoms with E-state index in [1.165, 1.54) is 16.7 Å². The normalized spacial score (nSPS) is 14.0. The standard InChI is InChI=1S/C19H22N2O/c22-19(21-13-8-15-4-2-1-3-5-15)18-7-6-16-9-11-20-12-10-17(16)14-18/h1-7,14,20H,8-13H2,(H,21,22). The van der Waals surface area contributed by atoms with Gasteiger partial charge in [-0.15, -0.1) is 0 Å². The smallest absolute Gasteiger partial charge is 0.251 e. The lowest BCUT2D eigenvalue weighted by atomic mass is 10.00. The minimum Gasteiger partial charge on any atom is -0.352 e. The Kier molecular flexibility index (Phi) is 4.86. The van der Waals surface area contributed by atoms with Crippen LogP contribution in [0.5, 0.6) is 0 Å². The summed E-state index contributed by atoms with van der Waals surface area (Å²) in [6, 6.07) is 16.3. The lowest BCUT2D eigenvalue weighted by molar-refractivity contribution is 0.0954. The van der Waals surface area contributed by atoms with Gasteiger partial charge < -0.3 is 10.6 Å². The fourth-order valence-corrected chi connectivity index (χ4v) is 2.88. The summed E-state index contributed by atoms with van der Waals surface area (Å²) < 4.78 is 0. The third-order valence-electron chi connectivity index (χ3n) is 4.15. The highest BCUT2D eigenvalue weighted by Gasteiger charge is 2.11. The Balaban J connectivity index is 1.59. The minimum absolute atomic E-state index is 0.0240. The molecule has 1 heterocycles. The molecule has 0 radical (unpaired) electrons. The van der Waals surface area contributed by atoms with E-state index >= 15 is 0 Å². The molecule has 0 atom stereocenters. The molecule has 0 fully saturated rings. The average Bonchev–Trinajstić information content (AvgIpc) is 2.80. The topological polar surface area (TPSA) is 41.1 Å². The maximum Gasteiger partial charge on any atom is 0.251 e. The molecule has 22 heavy (non-hydrogen) atoms. The maximum atomic E-state index is 12.3. The first-order chi connectivity index (χ1) is 10.8. The van der Waals surface area contributed by atoms with E-state index in [4.69, 9.17) is 0 Å². The molecule has 2 aromatic carbocycles. The first-order valence-electron chi connectivity index (χ1n) is 7.97. The van der Waals surface area contributed by atoms with E-state index in [2.05, 4.69) is 34.9 Å². The lowest BCUT2D eigenvalue weighted by Gasteiger charge is -2.09. The molecule has 1 aliphatic heterocycles. The number of rotatable bonds is 4. The molecule has 2 N–H and O–H groups in total. The van der Waals surface area contributed by atoms with Crippen LogP contribution in [0.1, 0.15) is 27.0 Å². The van der Waals surface area contributed by atoms with Gasteiger partial charge >= 0.3 is 0 Å². The molecule has 1 aliphatic rings. The van der Waals surface area contributed by atoms with E-state index in [0.29, 0.717) is 6.54 Å². The van der Waals surface area contributed by atoms with Gasteiger partial charge in [0.15, 0.2) is 0 Å². The van der Waals surface area contributed by atoms with Crippen LogP contribution < -0.4 is 10.6 Å². The van der Waals surface area contributed by atoms with Gasteiger partial charge in [-0.2, -0.15) is 0 Å². The highest BCUT2D eigenvalue weighted by Crippen LogP contribution is 2.15. The van der Waals surface area contributed by atoms with Crippen molar-refractivity contribution in [3.05, 3.63) is 70.8 Å². The Morgan fingerprint density at radius 2 is 1.77 bits per heavy atom. The van der Waals surface area contributed by atoms with Crippen LogP contribution in [-0.2, 0) is 19.3 Å². The second-order valence-corrected chi connectivity index (χ2v) is 5.72. The molecule has 0 spiro atoms. The molecule has 114 valence electrons. The summed E-state index contributed by atoms with van der Waals surface area (Å²) in [5.74, 6) is 0.0240.